The molecule has 1 amide bonds. The fourth-order valence-corrected chi connectivity index (χ4v) is 1.92. The number of imidazole rings is 1. The van der Waals surface area contributed by atoms with Crippen molar-refractivity contribution < 1.29 is 4.79 Å². The maximum Gasteiger partial charge on any atom is 0.220 e. The summed E-state index contributed by atoms with van der Waals surface area (Å²) in [6, 6.07) is 0. The second-order valence-corrected chi connectivity index (χ2v) is 3.81. The molecule has 1 aliphatic heterocycles. The van der Waals surface area contributed by atoms with Crippen molar-refractivity contribution in [2.75, 3.05) is 6.54 Å². The molecule has 1 saturated heterocycles. The van der Waals surface area contributed by atoms with E-state index in [1.54, 1.807) is 12.5 Å². The summed E-state index contributed by atoms with van der Waals surface area (Å²) in [6.07, 6.45) is 4.14. The van der Waals surface area contributed by atoms with Gasteiger partial charge in [0, 0.05) is 31.6 Å². The van der Waals surface area contributed by atoms with Crippen LogP contribution in [0, 0.1) is 5.92 Å². The van der Waals surface area contributed by atoms with Crippen LogP contribution in [0.2, 0.25) is 0 Å². The molecule has 0 saturated carbocycles. The van der Waals surface area contributed by atoms with Gasteiger partial charge in [-0.15, -0.1) is 11.6 Å². The molecule has 1 aliphatic rings. The molecule has 0 radical (unpaired) electrons. The van der Waals surface area contributed by atoms with Crippen LogP contribution in [0.25, 0.3) is 0 Å². The number of carbonyl (C=O) groups excluding carboxylic acids is 1. The smallest absolute Gasteiger partial charge is 0.220 e. The molecule has 1 aromatic heterocycles. The number of hydrogen-bond acceptors (Lipinski definition) is 2. The second-order valence-electron chi connectivity index (χ2n) is 3.55. The van der Waals surface area contributed by atoms with Crippen LogP contribution in [0.3, 0.4) is 0 Å². The minimum absolute atomic E-state index is 0.141. The van der Waals surface area contributed by atoms with Crippen molar-refractivity contribution in [3.63, 3.8) is 0 Å². The molecule has 5 heteroatoms. The van der Waals surface area contributed by atoms with Crippen LogP contribution >= 0.6 is 11.6 Å². The monoisotopic (exact) mass is 213 g/mol. The lowest BCUT2D eigenvalue weighted by atomic mass is 10.1. The Bertz CT molecular complexity index is 337. The Morgan fingerprint density at radius 2 is 2.57 bits per heavy atom. The lowest BCUT2D eigenvalue weighted by Crippen LogP contribution is -2.16. The number of nitrogens with one attached hydrogen (secondary N) is 1. The molecule has 2 heterocycles. The predicted octanol–water partition coefficient (Wildman–Crippen LogP) is 0.758. The van der Waals surface area contributed by atoms with Gasteiger partial charge in [-0.2, -0.15) is 0 Å². The van der Waals surface area contributed by atoms with E-state index in [1.807, 2.05) is 4.57 Å². The number of carbonyl (C=O) groups is 1. The van der Waals surface area contributed by atoms with Crippen LogP contribution in [0.1, 0.15) is 12.1 Å². The lowest BCUT2D eigenvalue weighted by molar-refractivity contribution is -0.119. The zero-order chi connectivity index (χ0) is 9.97. The Morgan fingerprint density at radius 3 is 3.21 bits per heavy atom. The molecule has 76 valence electrons. The normalized spacial score (nSPS) is 21.2. The summed E-state index contributed by atoms with van der Waals surface area (Å²) in [7, 11) is 0. The summed E-state index contributed by atoms with van der Waals surface area (Å²) in [6.45, 7) is 1.58. The Kier molecular flexibility index (Phi) is 2.72. The summed E-state index contributed by atoms with van der Waals surface area (Å²) in [5, 5.41) is 2.81. The van der Waals surface area contributed by atoms with Gasteiger partial charge in [-0.25, -0.2) is 4.98 Å². The molecule has 1 unspecified atom stereocenters. The van der Waals surface area contributed by atoms with E-state index in [0.29, 0.717) is 18.2 Å². The van der Waals surface area contributed by atoms with E-state index in [2.05, 4.69) is 10.3 Å². The third-order valence-corrected chi connectivity index (χ3v) is 2.73. The predicted molar refractivity (Wildman–Crippen MR) is 52.9 cm³/mol. The van der Waals surface area contributed by atoms with Crippen LogP contribution in [-0.2, 0) is 17.2 Å². The van der Waals surface area contributed by atoms with E-state index >= 15 is 0 Å². The number of halogens is 1. The molecular weight excluding hydrogens is 202 g/mol. The van der Waals surface area contributed by atoms with Crippen molar-refractivity contribution in [3.8, 4) is 0 Å². The fraction of sp³-hybridized carbons (Fsp3) is 0.556. The molecular formula is C9H12ClN3O. The summed E-state index contributed by atoms with van der Waals surface area (Å²) >= 11 is 5.74. The van der Waals surface area contributed by atoms with Crippen LogP contribution in [0.15, 0.2) is 12.5 Å². The third kappa shape index (κ3) is 1.90. The molecule has 0 spiro atoms. The second kappa shape index (κ2) is 4.00. The highest BCUT2D eigenvalue weighted by atomic mass is 35.5. The van der Waals surface area contributed by atoms with Crippen LogP contribution in [-0.4, -0.2) is 22.0 Å². The highest BCUT2D eigenvalue weighted by molar-refractivity contribution is 6.16. The Morgan fingerprint density at radius 1 is 1.71 bits per heavy atom. The van der Waals surface area contributed by atoms with E-state index in [0.717, 1.165) is 18.8 Å². The Hall–Kier alpha value is -1.03. The molecule has 1 fully saturated rings. The molecule has 0 aliphatic carbocycles. The average Bonchev–Trinajstić information content (AvgIpc) is 2.76. The van der Waals surface area contributed by atoms with Gasteiger partial charge < -0.3 is 9.88 Å². The number of amides is 1. The lowest BCUT2D eigenvalue weighted by Gasteiger charge is -2.10. The summed E-state index contributed by atoms with van der Waals surface area (Å²) in [5.74, 6) is 0.981. The van der Waals surface area contributed by atoms with E-state index in [1.165, 1.54) is 0 Å². The summed E-state index contributed by atoms with van der Waals surface area (Å²) in [5.41, 5.74) is 1.01. The largest absolute Gasteiger partial charge is 0.356 e. The zero-order valence-corrected chi connectivity index (χ0v) is 8.50. The van der Waals surface area contributed by atoms with Crippen molar-refractivity contribution in [3.05, 3.63) is 18.2 Å². The number of aromatic nitrogens is 2. The van der Waals surface area contributed by atoms with Crippen molar-refractivity contribution in [2.24, 2.45) is 5.92 Å². The maximum absolute atomic E-state index is 11.0. The van der Waals surface area contributed by atoms with Gasteiger partial charge in [-0.3, -0.25) is 4.79 Å². The molecule has 0 aromatic carbocycles. The van der Waals surface area contributed by atoms with Crippen LogP contribution in [0.5, 0.6) is 0 Å². The van der Waals surface area contributed by atoms with Crippen LogP contribution < -0.4 is 5.32 Å². The minimum Gasteiger partial charge on any atom is -0.356 e. The van der Waals surface area contributed by atoms with Gasteiger partial charge in [0.2, 0.25) is 5.91 Å². The molecule has 14 heavy (non-hydrogen) atoms. The Balaban J connectivity index is 2.00. The number of rotatable bonds is 3. The first-order valence-electron chi connectivity index (χ1n) is 4.61. The average molecular weight is 214 g/mol. The van der Waals surface area contributed by atoms with Crippen molar-refractivity contribution >= 4 is 17.5 Å². The van der Waals surface area contributed by atoms with Crippen molar-refractivity contribution in [2.45, 2.75) is 18.8 Å². The zero-order valence-electron chi connectivity index (χ0n) is 7.74. The van der Waals surface area contributed by atoms with E-state index in [9.17, 15) is 4.79 Å². The van der Waals surface area contributed by atoms with Crippen molar-refractivity contribution in [1.29, 1.82) is 0 Å². The molecule has 1 atom stereocenters. The van der Waals surface area contributed by atoms with Gasteiger partial charge in [0.1, 0.15) is 0 Å². The third-order valence-electron chi connectivity index (χ3n) is 2.45. The van der Waals surface area contributed by atoms with E-state index in [4.69, 9.17) is 11.6 Å². The molecule has 2 rings (SSSR count). The number of nitrogens with zero attached hydrogens (tertiary/aromatic N) is 2. The molecule has 4 nitrogen and oxygen atoms in total. The van der Waals surface area contributed by atoms with Gasteiger partial charge in [-0.1, -0.05) is 0 Å². The molecule has 0 bridgehead atoms. The standard InChI is InChI=1S/C9H12ClN3O/c10-2-8-4-11-6-13(8)5-7-1-9(14)12-3-7/h4,6-7H,1-3,5H2,(H,12,14). The number of alkyl halides is 1. The van der Waals surface area contributed by atoms with Gasteiger partial charge >= 0.3 is 0 Å². The van der Waals surface area contributed by atoms with Crippen molar-refractivity contribution in [1.82, 2.24) is 14.9 Å². The first kappa shape index (κ1) is 9.52. The van der Waals surface area contributed by atoms with E-state index in [-0.39, 0.29) is 5.91 Å². The van der Waals surface area contributed by atoms with Crippen LogP contribution in [0.4, 0.5) is 0 Å². The maximum atomic E-state index is 11.0. The van der Waals surface area contributed by atoms with Gasteiger partial charge in [0.25, 0.3) is 0 Å². The SMILES string of the molecule is O=C1CC(Cn2cncc2CCl)CN1. The highest BCUT2D eigenvalue weighted by Crippen LogP contribution is 2.13. The number of hydrogen-bond donors (Lipinski definition) is 1. The first-order chi connectivity index (χ1) is 6.79. The van der Waals surface area contributed by atoms with Gasteiger partial charge in [0.15, 0.2) is 0 Å². The fourth-order valence-electron chi connectivity index (χ4n) is 1.70. The first-order valence-corrected chi connectivity index (χ1v) is 5.14. The topological polar surface area (TPSA) is 46.9 Å². The minimum atomic E-state index is 0.141. The highest BCUT2D eigenvalue weighted by Gasteiger charge is 2.21. The van der Waals surface area contributed by atoms with E-state index < -0.39 is 0 Å². The van der Waals surface area contributed by atoms with Gasteiger partial charge in [-0.05, 0) is 0 Å². The summed E-state index contributed by atoms with van der Waals surface area (Å²) < 4.78 is 2.01. The molecule has 1 aromatic rings. The Labute approximate surface area is 87.3 Å². The molecule has 1 N–H and O–H groups in total. The summed E-state index contributed by atoms with van der Waals surface area (Å²) in [4.78, 5) is 15.0. The quantitative estimate of drug-likeness (QED) is 0.754. The van der Waals surface area contributed by atoms with Gasteiger partial charge in [0.05, 0.1) is 17.9 Å².